The van der Waals surface area contributed by atoms with E-state index < -0.39 is 0 Å². The Labute approximate surface area is 181 Å². The highest BCUT2D eigenvalue weighted by Crippen LogP contribution is 2.33. The second kappa shape index (κ2) is 7.31. The molecular formula is C24H17FN2OS2. The zero-order chi connectivity index (χ0) is 20.8. The van der Waals surface area contributed by atoms with Crippen molar-refractivity contribution in [1.29, 1.82) is 0 Å². The van der Waals surface area contributed by atoms with Crippen LogP contribution in [0.5, 0.6) is 0 Å². The molecule has 0 aliphatic carbocycles. The smallest absolute Gasteiger partial charge is 0.261 e. The summed E-state index contributed by atoms with van der Waals surface area (Å²) in [7, 11) is 0. The first-order valence-corrected chi connectivity index (χ1v) is 10.7. The molecule has 0 unspecified atom stereocenters. The van der Waals surface area contributed by atoms with Gasteiger partial charge in [0, 0.05) is 5.56 Å². The maximum Gasteiger partial charge on any atom is 0.261 e. The van der Waals surface area contributed by atoms with Gasteiger partial charge in [0.15, 0.2) is 3.95 Å². The first-order valence-electron chi connectivity index (χ1n) is 9.52. The molecule has 0 radical (unpaired) electrons. The van der Waals surface area contributed by atoms with Gasteiger partial charge >= 0.3 is 0 Å². The molecule has 0 spiro atoms. The SMILES string of the molecule is Cc1cccc(-c2sc(=S)n3c4ccccc4c(=O)n(Cc4ccccc4F)c23)c1. The van der Waals surface area contributed by atoms with Gasteiger partial charge < -0.3 is 0 Å². The van der Waals surface area contributed by atoms with E-state index in [0.717, 1.165) is 21.5 Å². The Morgan fingerprint density at radius 2 is 1.77 bits per heavy atom. The third-order valence-electron chi connectivity index (χ3n) is 5.23. The monoisotopic (exact) mass is 432 g/mol. The molecule has 3 nitrogen and oxygen atoms in total. The number of hydrogen-bond donors (Lipinski definition) is 0. The Morgan fingerprint density at radius 3 is 2.57 bits per heavy atom. The van der Waals surface area contributed by atoms with E-state index in [-0.39, 0.29) is 17.9 Å². The van der Waals surface area contributed by atoms with Crippen molar-refractivity contribution >= 4 is 40.1 Å². The first kappa shape index (κ1) is 18.9. The molecule has 6 heteroatoms. The molecule has 0 saturated heterocycles. The normalized spacial score (nSPS) is 11.4. The fourth-order valence-electron chi connectivity index (χ4n) is 3.83. The number of thiazole rings is 1. The number of halogens is 1. The summed E-state index contributed by atoms with van der Waals surface area (Å²) in [4.78, 5) is 14.4. The molecule has 2 aromatic heterocycles. The molecule has 5 rings (SSSR count). The van der Waals surface area contributed by atoms with Gasteiger partial charge in [-0.1, -0.05) is 60.2 Å². The Morgan fingerprint density at radius 1 is 1.00 bits per heavy atom. The maximum absolute atomic E-state index is 14.5. The van der Waals surface area contributed by atoms with E-state index in [2.05, 4.69) is 6.07 Å². The van der Waals surface area contributed by atoms with Crippen LogP contribution in [0.2, 0.25) is 0 Å². The first-order chi connectivity index (χ1) is 14.5. The van der Waals surface area contributed by atoms with Crippen LogP contribution >= 0.6 is 23.6 Å². The summed E-state index contributed by atoms with van der Waals surface area (Å²) in [6, 6.07) is 22.1. The van der Waals surface area contributed by atoms with Crippen molar-refractivity contribution in [1.82, 2.24) is 8.97 Å². The number of aromatic nitrogens is 2. The Bertz CT molecular complexity index is 1540. The molecule has 0 fully saturated rings. The summed E-state index contributed by atoms with van der Waals surface area (Å²) in [6.07, 6.45) is 0. The third-order valence-corrected chi connectivity index (χ3v) is 6.64. The van der Waals surface area contributed by atoms with Crippen molar-refractivity contribution in [3.8, 4) is 10.4 Å². The zero-order valence-corrected chi connectivity index (χ0v) is 17.8. The van der Waals surface area contributed by atoms with Gasteiger partial charge in [-0.05, 0) is 42.9 Å². The predicted molar refractivity (Wildman–Crippen MR) is 124 cm³/mol. The zero-order valence-electron chi connectivity index (χ0n) is 16.1. The summed E-state index contributed by atoms with van der Waals surface area (Å²) in [5.41, 5.74) is 3.88. The van der Waals surface area contributed by atoms with Crippen molar-refractivity contribution in [2.24, 2.45) is 0 Å². The lowest BCUT2D eigenvalue weighted by Crippen LogP contribution is -2.24. The van der Waals surface area contributed by atoms with Gasteiger partial charge in [0.1, 0.15) is 11.5 Å². The summed E-state index contributed by atoms with van der Waals surface area (Å²) in [6.45, 7) is 2.16. The lowest BCUT2D eigenvalue weighted by Gasteiger charge is -2.14. The standard InChI is InChI=1S/C24H17FN2OS2/c1-15-7-6-9-16(13-15)21-22-26(14-17-8-2-4-11-19(17)25)23(28)18-10-3-5-12-20(18)27(22)24(29)30-21/h2-13H,14H2,1H3. The Kier molecular flexibility index (Phi) is 4.60. The molecule has 0 aliphatic rings. The molecule has 0 saturated carbocycles. The van der Waals surface area contributed by atoms with E-state index >= 15 is 0 Å². The summed E-state index contributed by atoms with van der Waals surface area (Å²) < 4.78 is 18.7. The lowest BCUT2D eigenvalue weighted by atomic mass is 10.1. The molecule has 0 amide bonds. The molecule has 0 N–H and O–H groups in total. The van der Waals surface area contributed by atoms with Gasteiger partial charge in [0.2, 0.25) is 0 Å². The Hall–Kier alpha value is -3.09. The second-order valence-electron chi connectivity index (χ2n) is 7.23. The summed E-state index contributed by atoms with van der Waals surface area (Å²) in [5, 5.41) is 0.561. The van der Waals surface area contributed by atoms with Gasteiger partial charge in [-0.15, -0.1) is 11.3 Å². The molecule has 30 heavy (non-hydrogen) atoms. The van der Waals surface area contributed by atoms with Gasteiger partial charge in [-0.3, -0.25) is 13.8 Å². The topological polar surface area (TPSA) is 26.4 Å². The van der Waals surface area contributed by atoms with Gasteiger partial charge in [0.05, 0.1) is 22.3 Å². The number of para-hydroxylation sites is 1. The van der Waals surface area contributed by atoms with Crippen LogP contribution in [0.15, 0.2) is 77.6 Å². The van der Waals surface area contributed by atoms with Crippen LogP contribution < -0.4 is 5.56 Å². The molecule has 148 valence electrons. The largest absolute Gasteiger partial charge is 0.288 e. The predicted octanol–water partition coefficient (Wildman–Crippen LogP) is 6.21. The van der Waals surface area contributed by atoms with Gasteiger partial charge in [0.25, 0.3) is 5.56 Å². The number of benzene rings is 3. The molecule has 0 atom stereocenters. The van der Waals surface area contributed by atoms with E-state index in [1.165, 1.54) is 17.4 Å². The molecule has 2 heterocycles. The number of rotatable bonds is 3. The summed E-state index contributed by atoms with van der Waals surface area (Å²) >= 11 is 7.19. The molecule has 0 aliphatic heterocycles. The van der Waals surface area contributed by atoms with E-state index in [9.17, 15) is 9.18 Å². The number of hydrogen-bond acceptors (Lipinski definition) is 3. The van der Waals surface area contributed by atoms with Crippen molar-refractivity contribution in [2.75, 3.05) is 0 Å². The average Bonchev–Trinajstić information content (AvgIpc) is 3.10. The fourth-order valence-corrected chi connectivity index (χ4v) is 5.25. The highest BCUT2D eigenvalue weighted by Gasteiger charge is 2.19. The van der Waals surface area contributed by atoms with Crippen LogP contribution in [-0.2, 0) is 6.54 Å². The van der Waals surface area contributed by atoms with Gasteiger partial charge in [-0.2, -0.15) is 0 Å². The molecule has 3 aromatic carbocycles. The van der Waals surface area contributed by atoms with E-state index in [0.29, 0.717) is 20.6 Å². The van der Waals surface area contributed by atoms with Crippen LogP contribution in [-0.4, -0.2) is 8.97 Å². The quantitative estimate of drug-likeness (QED) is 0.317. The lowest BCUT2D eigenvalue weighted by molar-refractivity contribution is 0.599. The second-order valence-corrected chi connectivity index (χ2v) is 8.87. The molecule has 0 bridgehead atoms. The third kappa shape index (κ3) is 3.00. The van der Waals surface area contributed by atoms with E-state index in [4.69, 9.17) is 12.2 Å². The van der Waals surface area contributed by atoms with Crippen molar-refractivity contribution in [3.05, 3.63) is 104 Å². The summed E-state index contributed by atoms with van der Waals surface area (Å²) in [5.74, 6) is -0.332. The van der Waals surface area contributed by atoms with Gasteiger partial charge in [-0.25, -0.2) is 4.39 Å². The fraction of sp³-hybridized carbons (Fsp3) is 0.0833. The number of fused-ring (bicyclic) bond motifs is 3. The highest BCUT2D eigenvalue weighted by molar-refractivity contribution is 7.73. The van der Waals surface area contributed by atoms with Crippen LogP contribution in [0.25, 0.3) is 27.0 Å². The number of aryl methyl sites for hydroxylation is 1. The van der Waals surface area contributed by atoms with Crippen LogP contribution in [0, 0.1) is 16.7 Å². The van der Waals surface area contributed by atoms with Crippen molar-refractivity contribution in [2.45, 2.75) is 13.5 Å². The van der Waals surface area contributed by atoms with E-state index in [1.54, 1.807) is 28.8 Å². The molecule has 5 aromatic rings. The van der Waals surface area contributed by atoms with Crippen LogP contribution in [0.1, 0.15) is 11.1 Å². The minimum atomic E-state index is -0.332. The average molecular weight is 433 g/mol. The van der Waals surface area contributed by atoms with Crippen LogP contribution in [0.4, 0.5) is 4.39 Å². The maximum atomic E-state index is 14.5. The molecular weight excluding hydrogens is 415 g/mol. The van der Waals surface area contributed by atoms with Crippen molar-refractivity contribution in [3.63, 3.8) is 0 Å². The minimum absolute atomic E-state index is 0.129. The minimum Gasteiger partial charge on any atom is -0.288 e. The van der Waals surface area contributed by atoms with Crippen LogP contribution in [0.3, 0.4) is 0 Å². The van der Waals surface area contributed by atoms with Crippen molar-refractivity contribution < 1.29 is 4.39 Å². The number of nitrogens with zero attached hydrogens (tertiary/aromatic N) is 2. The highest BCUT2D eigenvalue weighted by atomic mass is 32.1. The Balaban J connectivity index is 1.93. The van der Waals surface area contributed by atoms with E-state index in [1.807, 2.05) is 47.7 Å².